The Morgan fingerprint density at radius 1 is 1.15 bits per heavy atom. The van der Waals surface area contributed by atoms with Crippen molar-refractivity contribution >= 4 is 11.4 Å². The van der Waals surface area contributed by atoms with E-state index < -0.39 is 12.6 Å². The van der Waals surface area contributed by atoms with Crippen molar-refractivity contribution in [2.75, 3.05) is 11.5 Å². The van der Waals surface area contributed by atoms with E-state index >= 15 is 0 Å². The second kappa shape index (κ2) is 3.16. The molecule has 0 fully saturated rings. The van der Waals surface area contributed by atoms with Gasteiger partial charge in [-0.05, 0) is 11.6 Å². The minimum absolute atomic E-state index is 0.0137. The Kier molecular flexibility index (Phi) is 2.36. The SMILES string of the molecule is Nc1cccc(CC(F)(F)F)c1N. The Balaban J connectivity index is 2.96. The van der Waals surface area contributed by atoms with Gasteiger partial charge < -0.3 is 11.5 Å². The lowest BCUT2D eigenvalue weighted by atomic mass is 10.1. The molecule has 0 aliphatic rings. The van der Waals surface area contributed by atoms with Crippen molar-refractivity contribution < 1.29 is 13.2 Å². The van der Waals surface area contributed by atoms with Crippen LogP contribution >= 0.6 is 0 Å². The fourth-order valence-electron chi connectivity index (χ4n) is 1.00. The highest BCUT2D eigenvalue weighted by Gasteiger charge is 2.28. The third-order valence-electron chi connectivity index (χ3n) is 1.62. The molecule has 0 atom stereocenters. The second-order valence-electron chi connectivity index (χ2n) is 2.71. The summed E-state index contributed by atoms with van der Waals surface area (Å²) in [6.07, 6.45) is -5.29. The first-order chi connectivity index (χ1) is 5.90. The third-order valence-corrected chi connectivity index (χ3v) is 1.62. The molecule has 0 saturated carbocycles. The van der Waals surface area contributed by atoms with E-state index in [9.17, 15) is 13.2 Å². The summed E-state index contributed by atoms with van der Waals surface area (Å²) in [6.45, 7) is 0. The number of benzene rings is 1. The highest BCUT2D eigenvalue weighted by atomic mass is 19.4. The number of nitrogens with two attached hydrogens (primary N) is 2. The first kappa shape index (κ1) is 9.70. The number of alkyl halides is 3. The number of halogens is 3. The summed E-state index contributed by atoms with van der Waals surface area (Å²) in [6, 6.07) is 4.24. The van der Waals surface area contributed by atoms with Gasteiger partial charge in [-0.3, -0.25) is 0 Å². The van der Waals surface area contributed by atoms with E-state index in [0.29, 0.717) is 0 Å². The van der Waals surface area contributed by atoms with Crippen LogP contribution in [0.2, 0.25) is 0 Å². The van der Waals surface area contributed by atoms with E-state index in [1.165, 1.54) is 18.2 Å². The maximum atomic E-state index is 12.0. The summed E-state index contributed by atoms with van der Waals surface area (Å²) < 4.78 is 35.9. The predicted molar refractivity (Wildman–Crippen MR) is 45.0 cm³/mol. The quantitative estimate of drug-likeness (QED) is 0.665. The standard InChI is InChI=1S/C8H9F3N2/c9-8(10,11)4-5-2-1-3-6(12)7(5)13/h1-3H,4,12-13H2. The van der Waals surface area contributed by atoms with Crippen molar-refractivity contribution in [2.24, 2.45) is 0 Å². The number of hydrogen-bond acceptors (Lipinski definition) is 2. The van der Waals surface area contributed by atoms with Gasteiger partial charge in [0.25, 0.3) is 0 Å². The minimum Gasteiger partial charge on any atom is -0.397 e. The molecular formula is C8H9F3N2. The minimum atomic E-state index is -4.25. The molecule has 2 nitrogen and oxygen atoms in total. The number of nitrogen functional groups attached to an aromatic ring is 2. The molecule has 0 bridgehead atoms. The van der Waals surface area contributed by atoms with Gasteiger partial charge in [0, 0.05) is 0 Å². The molecule has 4 N–H and O–H groups in total. The molecule has 5 heteroatoms. The van der Waals surface area contributed by atoms with Gasteiger partial charge in [0.2, 0.25) is 0 Å². The van der Waals surface area contributed by atoms with Crippen molar-refractivity contribution in [3.63, 3.8) is 0 Å². The summed E-state index contributed by atoms with van der Waals surface area (Å²) in [5.74, 6) is 0. The van der Waals surface area contributed by atoms with Crippen molar-refractivity contribution in [2.45, 2.75) is 12.6 Å². The molecule has 1 aromatic carbocycles. The summed E-state index contributed by atoms with van der Waals surface area (Å²) in [7, 11) is 0. The Morgan fingerprint density at radius 2 is 1.77 bits per heavy atom. The van der Waals surface area contributed by atoms with Crippen molar-refractivity contribution in [3.8, 4) is 0 Å². The Labute approximate surface area is 73.3 Å². The van der Waals surface area contributed by atoms with E-state index in [2.05, 4.69) is 0 Å². The van der Waals surface area contributed by atoms with E-state index in [-0.39, 0.29) is 16.9 Å². The summed E-state index contributed by atoms with van der Waals surface area (Å²) in [5, 5.41) is 0. The van der Waals surface area contributed by atoms with Crippen molar-refractivity contribution in [1.82, 2.24) is 0 Å². The molecule has 13 heavy (non-hydrogen) atoms. The number of hydrogen-bond donors (Lipinski definition) is 2. The van der Waals surface area contributed by atoms with E-state index in [1.54, 1.807) is 0 Å². The van der Waals surface area contributed by atoms with Gasteiger partial charge in [-0.1, -0.05) is 12.1 Å². The van der Waals surface area contributed by atoms with Crippen LogP contribution < -0.4 is 11.5 Å². The Bertz CT molecular complexity index is 307. The van der Waals surface area contributed by atoms with Gasteiger partial charge >= 0.3 is 6.18 Å². The van der Waals surface area contributed by atoms with Crippen LogP contribution in [0.3, 0.4) is 0 Å². The predicted octanol–water partition coefficient (Wildman–Crippen LogP) is 1.96. The van der Waals surface area contributed by atoms with E-state index in [0.717, 1.165) is 0 Å². The average molecular weight is 190 g/mol. The summed E-state index contributed by atoms with van der Waals surface area (Å²) >= 11 is 0. The van der Waals surface area contributed by atoms with Gasteiger partial charge in [-0.2, -0.15) is 13.2 Å². The zero-order chi connectivity index (χ0) is 10.1. The van der Waals surface area contributed by atoms with Crippen LogP contribution in [0, 0.1) is 0 Å². The van der Waals surface area contributed by atoms with Crippen LogP contribution in [0.4, 0.5) is 24.5 Å². The molecule has 0 radical (unpaired) electrons. The maximum Gasteiger partial charge on any atom is 0.393 e. The summed E-state index contributed by atoms with van der Waals surface area (Å²) in [4.78, 5) is 0. The molecule has 0 amide bonds. The molecule has 72 valence electrons. The lowest BCUT2D eigenvalue weighted by molar-refractivity contribution is -0.127. The van der Waals surface area contributed by atoms with Gasteiger partial charge in [0.15, 0.2) is 0 Å². The topological polar surface area (TPSA) is 52.0 Å². The molecule has 0 saturated heterocycles. The monoisotopic (exact) mass is 190 g/mol. The number of para-hydroxylation sites is 1. The zero-order valence-electron chi connectivity index (χ0n) is 6.73. The first-order valence-electron chi connectivity index (χ1n) is 3.60. The maximum absolute atomic E-state index is 12.0. The lowest BCUT2D eigenvalue weighted by Crippen LogP contribution is -2.13. The smallest absolute Gasteiger partial charge is 0.393 e. The molecule has 0 aromatic heterocycles. The van der Waals surface area contributed by atoms with Crippen LogP contribution in [-0.2, 0) is 6.42 Å². The molecule has 0 aliphatic heterocycles. The second-order valence-corrected chi connectivity index (χ2v) is 2.71. The van der Waals surface area contributed by atoms with Gasteiger partial charge in [-0.25, -0.2) is 0 Å². The zero-order valence-corrected chi connectivity index (χ0v) is 6.73. The fourth-order valence-corrected chi connectivity index (χ4v) is 1.00. The third kappa shape index (κ3) is 2.54. The van der Waals surface area contributed by atoms with Crippen LogP contribution in [0.1, 0.15) is 5.56 Å². The molecule has 1 aromatic rings. The van der Waals surface area contributed by atoms with Gasteiger partial charge in [0.05, 0.1) is 17.8 Å². The molecule has 0 aliphatic carbocycles. The van der Waals surface area contributed by atoms with Crippen LogP contribution in [-0.4, -0.2) is 6.18 Å². The molecular weight excluding hydrogens is 181 g/mol. The van der Waals surface area contributed by atoms with Crippen LogP contribution in [0.15, 0.2) is 18.2 Å². The number of anilines is 2. The van der Waals surface area contributed by atoms with Gasteiger partial charge in [-0.15, -0.1) is 0 Å². The highest BCUT2D eigenvalue weighted by molar-refractivity contribution is 5.67. The average Bonchev–Trinajstić information content (AvgIpc) is 1.96. The largest absolute Gasteiger partial charge is 0.397 e. The van der Waals surface area contributed by atoms with Crippen LogP contribution in [0.25, 0.3) is 0 Å². The van der Waals surface area contributed by atoms with Crippen molar-refractivity contribution in [3.05, 3.63) is 23.8 Å². The molecule has 0 heterocycles. The number of rotatable bonds is 1. The van der Waals surface area contributed by atoms with Gasteiger partial charge in [0.1, 0.15) is 0 Å². The van der Waals surface area contributed by atoms with Crippen molar-refractivity contribution in [1.29, 1.82) is 0 Å². The Hall–Kier alpha value is -1.39. The Morgan fingerprint density at radius 3 is 2.31 bits per heavy atom. The molecule has 1 rings (SSSR count). The highest BCUT2D eigenvalue weighted by Crippen LogP contribution is 2.27. The molecule has 0 spiro atoms. The fraction of sp³-hybridized carbons (Fsp3) is 0.250. The van der Waals surface area contributed by atoms with E-state index in [4.69, 9.17) is 11.5 Å². The normalized spacial score (nSPS) is 11.6. The lowest BCUT2D eigenvalue weighted by Gasteiger charge is -2.10. The summed E-state index contributed by atoms with van der Waals surface area (Å²) in [5.41, 5.74) is 10.9. The molecule has 0 unspecified atom stereocenters. The first-order valence-corrected chi connectivity index (χ1v) is 3.60. The van der Waals surface area contributed by atoms with E-state index in [1.807, 2.05) is 0 Å². The van der Waals surface area contributed by atoms with Crippen LogP contribution in [0.5, 0.6) is 0 Å².